The topological polar surface area (TPSA) is 76.3 Å². The summed E-state index contributed by atoms with van der Waals surface area (Å²) in [6, 6.07) is 8.56. The summed E-state index contributed by atoms with van der Waals surface area (Å²) in [5, 5.41) is 11.0. The molecule has 0 spiro atoms. The van der Waals surface area contributed by atoms with Crippen molar-refractivity contribution in [1.82, 2.24) is 9.88 Å². The number of nitro benzene ring substituents is 1. The summed E-state index contributed by atoms with van der Waals surface area (Å²) in [5.74, 6) is 0. The van der Waals surface area contributed by atoms with Crippen LogP contribution < -0.4 is 0 Å². The van der Waals surface area contributed by atoms with Crippen LogP contribution in [0.2, 0.25) is 0 Å². The number of nitrogens with zero attached hydrogens (tertiary/aromatic N) is 3. The van der Waals surface area contributed by atoms with Gasteiger partial charge in [0.05, 0.1) is 11.0 Å². The summed E-state index contributed by atoms with van der Waals surface area (Å²) in [7, 11) is 0. The van der Waals surface area contributed by atoms with Crippen molar-refractivity contribution >= 4 is 12.1 Å². The van der Waals surface area contributed by atoms with E-state index >= 15 is 0 Å². The molecule has 1 amide bonds. The standard InChI is InChI=1S/C16H17N3O3/c1-12-5-6-14(8-16(12)19(21)22)10-18(11-20)13(2)15-4-3-7-17-9-15/h3-9,11,13H,10H2,1-2H3. The van der Waals surface area contributed by atoms with E-state index in [2.05, 4.69) is 4.98 Å². The van der Waals surface area contributed by atoms with Crippen molar-refractivity contribution in [3.63, 3.8) is 0 Å². The molecule has 0 saturated carbocycles. The highest BCUT2D eigenvalue weighted by atomic mass is 16.6. The van der Waals surface area contributed by atoms with E-state index in [4.69, 9.17) is 0 Å². The highest BCUT2D eigenvalue weighted by Crippen LogP contribution is 2.23. The van der Waals surface area contributed by atoms with E-state index in [0.29, 0.717) is 12.1 Å². The first kappa shape index (κ1) is 15.6. The molecule has 6 heteroatoms. The Morgan fingerprint density at radius 1 is 1.41 bits per heavy atom. The minimum absolute atomic E-state index is 0.0670. The van der Waals surface area contributed by atoms with Gasteiger partial charge < -0.3 is 4.90 Å². The molecule has 2 aromatic rings. The molecule has 6 nitrogen and oxygen atoms in total. The molecule has 22 heavy (non-hydrogen) atoms. The van der Waals surface area contributed by atoms with Crippen LogP contribution in [0.1, 0.15) is 29.7 Å². The van der Waals surface area contributed by atoms with Crippen molar-refractivity contribution < 1.29 is 9.72 Å². The predicted octanol–water partition coefficient (Wildman–Crippen LogP) is 3.02. The quantitative estimate of drug-likeness (QED) is 0.467. The van der Waals surface area contributed by atoms with Crippen LogP contribution in [0.4, 0.5) is 5.69 Å². The fourth-order valence-electron chi connectivity index (χ4n) is 2.24. The van der Waals surface area contributed by atoms with Crippen LogP contribution in [0.5, 0.6) is 0 Å². The Bertz CT molecular complexity index is 674. The maximum Gasteiger partial charge on any atom is 0.272 e. The van der Waals surface area contributed by atoms with Crippen LogP contribution in [-0.4, -0.2) is 21.2 Å². The van der Waals surface area contributed by atoms with Gasteiger partial charge >= 0.3 is 0 Å². The summed E-state index contributed by atoms with van der Waals surface area (Å²) >= 11 is 0. The summed E-state index contributed by atoms with van der Waals surface area (Å²) in [6.07, 6.45) is 4.13. The summed E-state index contributed by atoms with van der Waals surface area (Å²) in [5.41, 5.74) is 2.31. The highest BCUT2D eigenvalue weighted by molar-refractivity contribution is 5.50. The van der Waals surface area contributed by atoms with E-state index in [1.54, 1.807) is 36.4 Å². The van der Waals surface area contributed by atoms with Crippen molar-refractivity contribution in [3.8, 4) is 0 Å². The third-order valence-electron chi connectivity index (χ3n) is 3.64. The van der Waals surface area contributed by atoms with E-state index in [0.717, 1.165) is 17.5 Å². The molecule has 0 aliphatic heterocycles. The number of amides is 1. The molecule has 1 aromatic carbocycles. The molecule has 0 aliphatic rings. The molecule has 1 heterocycles. The molecular formula is C16H17N3O3. The number of nitro groups is 1. The zero-order valence-corrected chi connectivity index (χ0v) is 12.5. The summed E-state index contributed by atoms with van der Waals surface area (Å²) in [4.78, 5) is 27.6. The maximum atomic E-state index is 11.4. The summed E-state index contributed by atoms with van der Waals surface area (Å²) in [6.45, 7) is 3.90. The normalized spacial score (nSPS) is 11.7. The second-order valence-corrected chi connectivity index (χ2v) is 5.12. The molecule has 2 rings (SSSR count). The first-order chi connectivity index (χ1) is 10.5. The van der Waals surface area contributed by atoms with Gasteiger partial charge in [0.15, 0.2) is 0 Å². The Hall–Kier alpha value is -2.76. The van der Waals surface area contributed by atoms with Crippen molar-refractivity contribution in [3.05, 3.63) is 69.5 Å². The fourth-order valence-corrected chi connectivity index (χ4v) is 2.24. The number of carbonyl (C=O) groups excluding carboxylic acids is 1. The fraction of sp³-hybridized carbons (Fsp3) is 0.250. The van der Waals surface area contributed by atoms with E-state index in [1.807, 2.05) is 19.1 Å². The third-order valence-corrected chi connectivity index (χ3v) is 3.64. The van der Waals surface area contributed by atoms with Crippen LogP contribution in [0.25, 0.3) is 0 Å². The number of benzene rings is 1. The molecule has 0 bridgehead atoms. The number of rotatable bonds is 6. The predicted molar refractivity (Wildman–Crippen MR) is 82.1 cm³/mol. The van der Waals surface area contributed by atoms with Crippen molar-refractivity contribution in [2.24, 2.45) is 0 Å². The summed E-state index contributed by atoms with van der Waals surface area (Å²) < 4.78 is 0. The zero-order chi connectivity index (χ0) is 16.1. The van der Waals surface area contributed by atoms with Crippen LogP contribution in [0.15, 0.2) is 42.7 Å². The number of hydrogen-bond acceptors (Lipinski definition) is 4. The Morgan fingerprint density at radius 3 is 2.77 bits per heavy atom. The van der Waals surface area contributed by atoms with E-state index in [9.17, 15) is 14.9 Å². The molecule has 0 N–H and O–H groups in total. The second-order valence-electron chi connectivity index (χ2n) is 5.12. The minimum atomic E-state index is -0.408. The number of carbonyl (C=O) groups is 1. The maximum absolute atomic E-state index is 11.4. The molecular weight excluding hydrogens is 282 g/mol. The Balaban J connectivity index is 2.22. The Morgan fingerprint density at radius 2 is 2.18 bits per heavy atom. The molecule has 0 saturated heterocycles. The molecule has 0 fully saturated rings. The Kier molecular flexibility index (Phi) is 4.83. The third kappa shape index (κ3) is 3.46. The van der Waals surface area contributed by atoms with Crippen molar-refractivity contribution in [1.29, 1.82) is 0 Å². The van der Waals surface area contributed by atoms with Gasteiger partial charge in [-0.1, -0.05) is 18.2 Å². The lowest BCUT2D eigenvalue weighted by Gasteiger charge is -2.25. The lowest BCUT2D eigenvalue weighted by atomic mass is 10.1. The minimum Gasteiger partial charge on any atom is -0.334 e. The van der Waals surface area contributed by atoms with E-state index < -0.39 is 4.92 Å². The first-order valence-corrected chi connectivity index (χ1v) is 6.88. The number of aromatic nitrogens is 1. The first-order valence-electron chi connectivity index (χ1n) is 6.88. The van der Waals surface area contributed by atoms with Crippen LogP contribution in [0.3, 0.4) is 0 Å². The monoisotopic (exact) mass is 299 g/mol. The molecule has 114 valence electrons. The number of pyridine rings is 1. The number of aryl methyl sites for hydroxylation is 1. The molecule has 0 aliphatic carbocycles. The van der Waals surface area contributed by atoms with Gasteiger partial charge in [0.2, 0.25) is 6.41 Å². The van der Waals surface area contributed by atoms with Gasteiger partial charge in [-0.25, -0.2) is 0 Å². The average Bonchev–Trinajstić information content (AvgIpc) is 2.54. The lowest BCUT2D eigenvalue weighted by Crippen LogP contribution is -2.25. The highest BCUT2D eigenvalue weighted by Gasteiger charge is 2.17. The van der Waals surface area contributed by atoms with Gasteiger partial charge in [-0.2, -0.15) is 0 Å². The number of hydrogen-bond donors (Lipinski definition) is 0. The van der Waals surface area contributed by atoms with Gasteiger partial charge in [-0.05, 0) is 31.0 Å². The SMILES string of the molecule is Cc1ccc(CN(C=O)C(C)c2cccnc2)cc1[N+](=O)[O-]. The average molecular weight is 299 g/mol. The van der Waals surface area contributed by atoms with Gasteiger partial charge in [0.1, 0.15) is 0 Å². The van der Waals surface area contributed by atoms with Crippen LogP contribution in [-0.2, 0) is 11.3 Å². The zero-order valence-electron chi connectivity index (χ0n) is 12.5. The van der Waals surface area contributed by atoms with Crippen molar-refractivity contribution in [2.75, 3.05) is 0 Å². The van der Waals surface area contributed by atoms with E-state index in [-0.39, 0.29) is 11.7 Å². The van der Waals surface area contributed by atoms with Gasteiger partial charge in [-0.3, -0.25) is 19.9 Å². The van der Waals surface area contributed by atoms with Crippen LogP contribution in [0, 0.1) is 17.0 Å². The second kappa shape index (κ2) is 6.80. The van der Waals surface area contributed by atoms with Gasteiger partial charge in [-0.15, -0.1) is 0 Å². The van der Waals surface area contributed by atoms with Gasteiger partial charge in [0.25, 0.3) is 5.69 Å². The van der Waals surface area contributed by atoms with E-state index in [1.165, 1.54) is 6.07 Å². The molecule has 0 radical (unpaired) electrons. The van der Waals surface area contributed by atoms with Gasteiger partial charge in [0, 0.05) is 30.6 Å². The Labute approximate surface area is 128 Å². The molecule has 1 atom stereocenters. The van der Waals surface area contributed by atoms with Crippen molar-refractivity contribution in [2.45, 2.75) is 26.4 Å². The molecule has 1 unspecified atom stereocenters. The molecule has 1 aromatic heterocycles. The smallest absolute Gasteiger partial charge is 0.272 e. The lowest BCUT2D eigenvalue weighted by molar-refractivity contribution is -0.385. The largest absolute Gasteiger partial charge is 0.334 e. The van der Waals surface area contributed by atoms with Crippen LogP contribution >= 0.6 is 0 Å².